The molecule has 6 heteroatoms. The summed E-state index contributed by atoms with van der Waals surface area (Å²) in [6.07, 6.45) is 4.26. The van der Waals surface area contributed by atoms with Gasteiger partial charge < -0.3 is 19.7 Å². The number of amides is 2. The molecule has 1 aliphatic heterocycles. The number of carbonyl (C=O) groups is 2. The molecule has 1 unspecified atom stereocenters. The number of likely N-dealkylation sites (tertiary alicyclic amines) is 1. The summed E-state index contributed by atoms with van der Waals surface area (Å²) in [4.78, 5) is 25.6. The van der Waals surface area contributed by atoms with Crippen molar-refractivity contribution in [2.45, 2.75) is 38.1 Å². The molecule has 2 amide bonds. The lowest BCUT2D eigenvalue weighted by molar-refractivity contribution is -0.133. The van der Waals surface area contributed by atoms with E-state index >= 15 is 0 Å². The molecule has 24 heavy (non-hydrogen) atoms. The number of nitrogens with one attached hydrogen (secondary N) is 1. The van der Waals surface area contributed by atoms with Gasteiger partial charge in [-0.1, -0.05) is 0 Å². The second-order valence-corrected chi connectivity index (χ2v) is 6.34. The summed E-state index contributed by atoms with van der Waals surface area (Å²) in [5, 5.41) is 3.08. The molecule has 1 saturated heterocycles. The van der Waals surface area contributed by atoms with E-state index in [0.29, 0.717) is 24.5 Å². The summed E-state index contributed by atoms with van der Waals surface area (Å²) < 4.78 is 10.7. The second-order valence-electron chi connectivity index (χ2n) is 6.34. The van der Waals surface area contributed by atoms with E-state index in [1.807, 2.05) is 12.1 Å². The number of carbonyl (C=O) groups excluding carboxylic acids is 2. The van der Waals surface area contributed by atoms with Crippen LogP contribution in [0.3, 0.4) is 0 Å². The van der Waals surface area contributed by atoms with Crippen LogP contribution in [0.1, 0.15) is 42.9 Å². The van der Waals surface area contributed by atoms with Crippen LogP contribution in [0, 0.1) is 0 Å². The van der Waals surface area contributed by atoms with E-state index in [1.165, 1.54) is 5.56 Å². The Morgan fingerprint density at radius 3 is 2.62 bits per heavy atom. The van der Waals surface area contributed by atoms with E-state index in [4.69, 9.17) is 9.47 Å². The molecule has 0 aromatic heterocycles. The Hall–Kier alpha value is -2.24. The predicted octanol–water partition coefficient (Wildman–Crippen LogP) is 1.82. The van der Waals surface area contributed by atoms with Crippen LogP contribution in [0.2, 0.25) is 0 Å². The van der Waals surface area contributed by atoms with Crippen LogP contribution in [0.25, 0.3) is 0 Å². The highest BCUT2D eigenvalue weighted by Crippen LogP contribution is 2.38. The van der Waals surface area contributed by atoms with E-state index in [1.54, 1.807) is 19.1 Å². The summed E-state index contributed by atoms with van der Waals surface area (Å²) in [5.74, 6) is 1.36. The largest absolute Gasteiger partial charge is 0.493 e. The lowest BCUT2D eigenvalue weighted by Gasteiger charge is -2.28. The fraction of sp³-hybridized carbons (Fsp3) is 0.556. The summed E-state index contributed by atoms with van der Waals surface area (Å²) in [7, 11) is 3.24. The SMILES string of the molecule is COc1cc2c(cc1OC)C(NC(=O)CN1CCCC1=O)CCC2. The van der Waals surface area contributed by atoms with Crippen molar-refractivity contribution in [2.75, 3.05) is 27.3 Å². The topological polar surface area (TPSA) is 67.9 Å². The van der Waals surface area contributed by atoms with Crippen molar-refractivity contribution in [1.29, 1.82) is 0 Å². The number of benzene rings is 1. The molecule has 1 atom stereocenters. The van der Waals surface area contributed by atoms with Crippen molar-refractivity contribution in [3.05, 3.63) is 23.3 Å². The molecule has 0 spiro atoms. The third-order valence-corrected chi connectivity index (χ3v) is 4.80. The van der Waals surface area contributed by atoms with Crippen molar-refractivity contribution in [2.24, 2.45) is 0 Å². The Morgan fingerprint density at radius 2 is 1.96 bits per heavy atom. The molecule has 1 aromatic rings. The number of rotatable bonds is 5. The van der Waals surface area contributed by atoms with Crippen LogP contribution in [-0.2, 0) is 16.0 Å². The Bertz CT molecular complexity index is 644. The van der Waals surface area contributed by atoms with Gasteiger partial charge in [-0.2, -0.15) is 0 Å². The van der Waals surface area contributed by atoms with Gasteiger partial charge in [0, 0.05) is 13.0 Å². The van der Waals surface area contributed by atoms with E-state index in [9.17, 15) is 9.59 Å². The Kier molecular flexibility index (Phi) is 4.92. The number of fused-ring (bicyclic) bond motifs is 1. The van der Waals surface area contributed by atoms with Gasteiger partial charge in [0.15, 0.2) is 11.5 Å². The lowest BCUT2D eigenvalue weighted by Crippen LogP contribution is -2.40. The molecule has 0 bridgehead atoms. The molecule has 6 nitrogen and oxygen atoms in total. The van der Waals surface area contributed by atoms with Crippen molar-refractivity contribution in [3.8, 4) is 11.5 Å². The normalized spacial score (nSPS) is 19.8. The molecule has 1 aromatic carbocycles. The number of hydrogen-bond donors (Lipinski definition) is 1. The smallest absolute Gasteiger partial charge is 0.240 e. The molecule has 1 fully saturated rings. The minimum Gasteiger partial charge on any atom is -0.493 e. The van der Waals surface area contributed by atoms with Gasteiger partial charge >= 0.3 is 0 Å². The van der Waals surface area contributed by atoms with E-state index < -0.39 is 0 Å². The van der Waals surface area contributed by atoms with Crippen LogP contribution in [0.4, 0.5) is 0 Å². The minimum absolute atomic E-state index is 0.0428. The Labute approximate surface area is 142 Å². The molecular formula is C18H24N2O4. The first kappa shape index (κ1) is 16.6. The first-order valence-electron chi connectivity index (χ1n) is 8.44. The second kappa shape index (κ2) is 7.11. The fourth-order valence-corrected chi connectivity index (χ4v) is 3.56. The van der Waals surface area contributed by atoms with Gasteiger partial charge in [0.05, 0.1) is 26.8 Å². The molecule has 3 rings (SSSR count). The zero-order valence-electron chi connectivity index (χ0n) is 14.3. The molecule has 2 aliphatic rings. The Morgan fingerprint density at radius 1 is 1.21 bits per heavy atom. The summed E-state index contributed by atoms with van der Waals surface area (Å²) in [6.45, 7) is 0.830. The average Bonchev–Trinajstić information content (AvgIpc) is 2.98. The molecule has 1 heterocycles. The summed E-state index contributed by atoms with van der Waals surface area (Å²) in [6, 6.07) is 3.91. The van der Waals surface area contributed by atoms with Crippen molar-refractivity contribution >= 4 is 11.8 Å². The number of hydrogen-bond acceptors (Lipinski definition) is 4. The van der Waals surface area contributed by atoms with Crippen LogP contribution >= 0.6 is 0 Å². The van der Waals surface area contributed by atoms with Crippen LogP contribution in [0.5, 0.6) is 11.5 Å². The molecular weight excluding hydrogens is 308 g/mol. The zero-order valence-corrected chi connectivity index (χ0v) is 14.3. The third kappa shape index (κ3) is 3.32. The number of aryl methyl sites for hydroxylation is 1. The van der Waals surface area contributed by atoms with Crippen molar-refractivity contribution in [3.63, 3.8) is 0 Å². The van der Waals surface area contributed by atoms with Gasteiger partial charge in [-0.05, 0) is 48.9 Å². The van der Waals surface area contributed by atoms with Gasteiger partial charge in [-0.25, -0.2) is 0 Å². The van der Waals surface area contributed by atoms with Gasteiger partial charge in [-0.3, -0.25) is 9.59 Å². The lowest BCUT2D eigenvalue weighted by atomic mass is 9.87. The van der Waals surface area contributed by atoms with Gasteiger partial charge in [0.1, 0.15) is 0 Å². The van der Waals surface area contributed by atoms with E-state index in [2.05, 4.69) is 5.32 Å². The predicted molar refractivity (Wildman–Crippen MR) is 89.2 cm³/mol. The van der Waals surface area contributed by atoms with Crippen LogP contribution in [0.15, 0.2) is 12.1 Å². The van der Waals surface area contributed by atoms with Crippen molar-refractivity contribution < 1.29 is 19.1 Å². The maximum atomic E-state index is 12.3. The van der Waals surface area contributed by atoms with Crippen LogP contribution in [-0.4, -0.2) is 44.0 Å². The fourth-order valence-electron chi connectivity index (χ4n) is 3.56. The van der Waals surface area contributed by atoms with Gasteiger partial charge in [-0.15, -0.1) is 0 Å². The standard InChI is InChI=1S/C18H24N2O4/c1-23-15-9-12-5-3-6-14(13(12)10-16(15)24-2)19-17(21)11-20-8-4-7-18(20)22/h9-10,14H,3-8,11H2,1-2H3,(H,19,21). The molecule has 0 radical (unpaired) electrons. The van der Waals surface area contributed by atoms with Crippen LogP contribution < -0.4 is 14.8 Å². The van der Waals surface area contributed by atoms with E-state index in [-0.39, 0.29) is 24.4 Å². The number of methoxy groups -OCH3 is 2. The molecule has 130 valence electrons. The maximum Gasteiger partial charge on any atom is 0.240 e. The first-order valence-corrected chi connectivity index (χ1v) is 8.44. The zero-order chi connectivity index (χ0) is 17.1. The maximum absolute atomic E-state index is 12.3. The summed E-state index contributed by atoms with van der Waals surface area (Å²) >= 11 is 0. The average molecular weight is 332 g/mol. The first-order chi connectivity index (χ1) is 11.6. The Balaban J connectivity index is 1.74. The molecule has 0 saturated carbocycles. The quantitative estimate of drug-likeness (QED) is 0.893. The number of nitrogens with zero attached hydrogens (tertiary/aromatic N) is 1. The summed E-state index contributed by atoms with van der Waals surface area (Å²) in [5.41, 5.74) is 2.27. The minimum atomic E-state index is -0.0992. The van der Waals surface area contributed by atoms with Gasteiger partial charge in [0.25, 0.3) is 0 Å². The highest BCUT2D eigenvalue weighted by atomic mass is 16.5. The van der Waals surface area contributed by atoms with E-state index in [0.717, 1.165) is 31.2 Å². The molecule has 1 N–H and O–H groups in total. The highest BCUT2D eigenvalue weighted by Gasteiger charge is 2.27. The molecule has 1 aliphatic carbocycles. The number of ether oxygens (including phenoxy) is 2. The monoisotopic (exact) mass is 332 g/mol. The third-order valence-electron chi connectivity index (χ3n) is 4.80. The highest BCUT2D eigenvalue weighted by molar-refractivity contribution is 5.86. The van der Waals surface area contributed by atoms with Gasteiger partial charge in [0.2, 0.25) is 11.8 Å². The van der Waals surface area contributed by atoms with Crippen molar-refractivity contribution in [1.82, 2.24) is 10.2 Å².